The van der Waals surface area contributed by atoms with Gasteiger partial charge in [-0.15, -0.1) is 16.4 Å². The Balaban J connectivity index is 1.52. The molecule has 3 aromatic heterocycles. The molecule has 27 heavy (non-hydrogen) atoms. The molecule has 0 fully saturated rings. The van der Waals surface area contributed by atoms with Crippen LogP contribution in [0.4, 0.5) is 0 Å². The molecule has 1 atom stereocenters. The highest BCUT2D eigenvalue weighted by molar-refractivity contribution is 7.99. The Hall–Kier alpha value is -2.32. The minimum Gasteiger partial charge on any atom is -0.229 e. The van der Waals surface area contributed by atoms with Gasteiger partial charge in [0.2, 0.25) is 0 Å². The highest BCUT2D eigenvalue weighted by Crippen LogP contribution is 2.42. The Morgan fingerprint density at radius 2 is 1.96 bits per heavy atom. The first-order valence-corrected chi connectivity index (χ1v) is 10.8. The van der Waals surface area contributed by atoms with Gasteiger partial charge >= 0.3 is 0 Å². The minimum atomic E-state index is 0.0671. The molecule has 1 aliphatic carbocycles. The number of rotatable bonds is 4. The van der Waals surface area contributed by atoms with Gasteiger partial charge in [-0.05, 0) is 60.7 Å². The lowest BCUT2D eigenvalue weighted by Gasteiger charge is -2.14. The number of aromatic nitrogens is 6. The van der Waals surface area contributed by atoms with Crippen LogP contribution in [-0.2, 0) is 12.8 Å². The molecular formula is C19H18N6S2. The molecule has 4 aromatic rings. The number of thioether (sulfide) groups is 1. The van der Waals surface area contributed by atoms with E-state index in [1.54, 1.807) is 22.8 Å². The van der Waals surface area contributed by atoms with Crippen molar-refractivity contribution in [3.63, 3.8) is 0 Å². The number of tetrazole rings is 1. The lowest BCUT2D eigenvalue weighted by atomic mass is 9.97. The topological polar surface area (TPSA) is 69.4 Å². The van der Waals surface area contributed by atoms with Crippen molar-refractivity contribution in [2.75, 3.05) is 0 Å². The molecule has 0 amide bonds. The van der Waals surface area contributed by atoms with E-state index in [1.165, 1.54) is 35.1 Å². The van der Waals surface area contributed by atoms with Crippen LogP contribution >= 0.6 is 23.1 Å². The molecule has 1 aromatic carbocycles. The summed E-state index contributed by atoms with van der Waals surface area (Å²) in [6, 6.07) is 9.99. The molecule has 5 rings (SSSR count). The van der Waals surface area contributed by atoms with Gasteiger partial charge in [-0.2, -0.15) is 4.68 Å². The quantitative estimate of drug-likeness (QED) is 0.377. The van der Waals surface area contributed by atoms with Gasteiger partial charge in [0.15, 0.2) is 5.82 Å². The zero-order valence-corrected chi connectivity index (χ0v) is 16.5. The predicted octanol–water partition coefficient (Wildman–Crippen LogP) is 4.40. The summed E-state index contributed by atoms with van der Waals surface area (Å²) < 4.78 is 1.80. The third-order valence-electron chi connectivity index (χ3n) is 4.86. The Labute approximate surface area is 165 Å². The Morgan fingerprint density at radius 3 is 2.85 bits per heavy atom. The van der Waals surface area contributed by atoms with Gasteiger partial charge < -0.3 is 0 Å². The molecular weight excluding hydrogens is 376 g/mol. The molecule has 0 radical (unpaired) electrons. The van der Waals surface area contributed by atoms with Crippen LogP contribution in [0.5, 0.6) is 0 Å². The van der Waals surface area contributed by atoms with Crippen LogP contribution in [0.3, 0.4) is 0 Å². The highest BCUT2D eigenvalue weighted by Gasteiger charge is 2.23. The Kier molecular flexibility index (Phi) is 4.37. The van der Waals surface area contributed by atoms with E-state index in [4.69, 9.17) is 0 Å². The zero-order valence-electron chi connectivity index (χ0n) is 14.9. The Morgan fingerprint density at radius 1 is 1.11 bits per heavy atom. The van der Waals surface area contributed by atoms with Crippen LogP contribution in [0.1, 0.15) is 41.3 Å². The number of benzene rings is 1. The third-order valence-corrected chi connectivity index (χ3v) is 7.16. The summed E-state index contributed by atoms with van der Waals surface area (Å²) in [5, 5.41) is 14.7. The number of thiophene rings is 1. The summed E-state index contributed by atoms with van der Waals surface area (Å²) in [6.07, 6.45) is 6.51. The maximum Gasteiger partial charge on any atom is 0.169 e. The number of hydrogen-bond acceptors (Lipinski definition) is 7. The molecule has 1 aliphatic rings. The van der Waals surface area contributed by atoms with E-state index in [0.717, 1.165) is 27.8 Å². The highest BCUT2D eigenvalue weighted by atomic mass is 32.2. The van der Waals surface area contributed by atoms with E-state index in [1.807, 2.05) is 41.7 Å². The third kappa shape index (κ3) is 3.02. The number of fused-ring (bicyclic) bond motifs is 3. The first-order chi connectivity index (χ1) is 13.3. The van der Waals surface area contributed by atoms with E-state index >= 15 is 0 Å². The van der Waals surface area contributed by atoms with E-state index in [-0.39, 0.29) is 5.25 Å². The van der Waals surface area contributed by atoms with Gasteiger partial charge in [0, 0.05) is 10.3 Å². The lowest BCUT2D eigenvalue weighted by Crippen LogP contribution is -2.05. The maximum atomic E-state index is 4.62. The van der Waals surface area contributed by atoms with Crippen molar-refractivity contribution in [2.45, 2.75) is 42.9 Å². The van der Waals surface area contributed by atoms with Crippen molar-refractivity contribution < 1.29 is 0 Å². The number of aryl methyl sites for hydroxylation is 2. The summed E-state index contributed by atoms with van der Waals surface area (Å²) in [5.74, 6) is 0.821. The van der Waals surface area contributed by atoms with Crippen LogP contribution in [0, 0.1) is 0 Å². The van der Waals surface area contributed by atoms with E-state index < -0.39 is 0 Å². The molecule has 136 valence electrons. The van der Waals surface area contributed by atoms with Gasteiger partial charge in [-0.1, -0.05) is 30.0 Å². The van der Waals surface area contributed by atoms with E-state index in [0.29, 0.717) is 0 Å². The second-order valence-corrected chi connectivity index (χ2v) is 9.03. The van der Waals surface area contributed by atoms with Crippen LogP contribution in [-0.4, -0.2) is 30.2 Å². The molecule has 0 N–H and O–H groups in total. The Bertz CT molecular complexity index is 1090. The summed E-state index contributed by atoms with van der Waals surface area (Å²) in [4.78, 5) is 11.7. The number of nitrogens with zero attached hydrogens (tertiary/aromatic N) is 6. The van der Waals surface area contributed by atoms with E-state index in [2.05, 4.69) is 32.4 Å². The molecule has 0 bridgehead atoms. The summed E-state index contributed by atoms with van der Waals surface area (Å²) in [7, 11) is 0. The molecule has 0 aliphatic heterocycles. The average Bonchev–Trinajstić information content (AvgIpc) is 3.34. The average molecular weight is 395 g/mol. The number of hydrogen-bond donors (Lipinski definition) is 0. The fourth-order valence-electron chi connectivity index (χ4n) is 3.57. The lowest BCUT2D eigenvalue weighted by molar-refractivity contribution is 0.699. The second kappa shape index (κ2) is 7.01. The molecule has 8 heteroatoms. The van der Waals surface area contributed by atoms with Crippen molar-refractivity contribution in [1.82, 2.24) is 30.2 Å². The van der Waals surface area contributed by atoms with Crippen LogP contribution < -0.4 is 0 Å². The normalized spacial score (nSPS) is 15.0. The molecule has 0 saturated carbocycles. The molecule has 0 saturated heterocycles. The minimum absolute atomic E-state index is 0.0671. The SMILES string of the molecule is CC(Sc1ncnc2sc3c(c12)CCCC3)c1nnnn1-c1ccccc1. The van der Waals surface area contributed by atoms with Crippen molar-refractivity contribution in [3.8, 4) is 5.69 Å². The molecule has 0 spiro atoms. The number of para-hydroxylation sites is 1. The van der Waals surface area contributed by atoms with Crippen LogP contribution in [0.25, 0.3) is 15.9 Å². The van der Waals surface area contributed by atoms with Crippen molar-refractivity contribution in [3.05, 3.63) is 52.9 Å². The molecule has 6 nitrogen and oxygen atoms in total. The second-order valence-electron chi connectivity index (χ2n) is 6.61. The smallest absolute Gasteiger partial charge is 0.169 e. The summed E-state index contributed by atoms with van der Waals surface area (Å²) in [5.41, 5.74) is 2.42. The van der Waals surface area contributed by atoms with Crippen molar-refractivity contribution >= 4 is 33.3 Å². The summed E-state index contributed by atoms with van der Waals surface area (Å²) in [6.45, 7) is 2.13. The standard InChI is InChI=1S/C19H18N6S2/c1-12(17-22-23-24-25(17)13-7-3-2-4-8-13)26-18-16-14-9-5-6-10-15(14)27-19(16)21-11-20-18/h2-4,7-8,11-12H,5-6,9-10H2,1H3. The summed E-state index contributed by atoms with van der Waals surface area (Å²) >= 11 is 3.54. The van der Waals surface area contributed by atoms with Crippen LogP contribution in [0.2, 0.25) is 0 Å². The van der Waals surface area contributed by atoms with Crippen molar-refractivity contribution in [1.29, 1.82) is 0 Å². The van der Waals surface area contributed by atoms with E-state index in [9.17, 15) is 0 Å². The van der Waals surface area contributed by atoms with Crippen molar-refractivity contribution in [2.24, 2.45) is 0 Å². The van der Waals surface area contributed by atoms with Gasteiger partial charge in [-0.25, -0.2) is 9.97 Å². The maximum absolute atomic E-state index is 4.62. The van der Waals surface area contributed by atoms with Gasteiger partial charge in [-0.3, -0.25) is 0 Å². The zero-order chi connectivity index (χ0) is 18.2. The fourth-order valence-corrected chi connectivity index (χ4v) is 5.90. The molecule has 3 heterocycles. The largest absolute Gasteiger partial charge is 0.229 e. The first kappa shape index (κ1) is 16.8. The van der Waals surface area contributed by atoms with Gasteiger partial charge in [0.1, 0.15) is 16.2 Å². The predicted molar refractivity (Wildman–Crippen MR) is 107 cm³/mol. The monoisotopic (exact) mass is 394 g/mol. The molecule has 1 unspecified atom stereocenters. The van der Waals surface area contributed by atoms with Gasteiger partial charge in [0.25, 0.3) is 0 Å². The first-order valence-electron chi connectivity index (χ1n) is 9.07. The van der Waals surface area contributed by atoms with Crippen LogP contribution in [0.15, 0.2) is 41.7 Å². The van der Waals surface area contributed by atoms with Gasteiger partial charge in [0.05, 0.1) is 10.9 Å². The fraction of sp³-hybridized carbons (Fsp3) is 0.316.